The van der Waals surface area contributed by atoms with E-state index in [1.165, 1.54) is 28.7 Å². The Morgan fingerprint density at radius 2 is 2.21 bits per heavy atom. The van der Waals surface area contributed by atoms with Gasteiger partial charge in [0, 0.05) is 26.2 Å². The van der Waals surface area contributed by atoms with Gasteiger partial charge in [0.15, 0.2) is 5.13 Å². The monoisotopic (exact) mass is 436 g/mol. The molecule has 29 heavy (non-hydrogen) atoms. The second-order valence-corrected chi connectivity index (χ2v) is 7.90. The van der Waals surface area contributed by atoms with Crippen molar-refractivity contribution in [3.05, 3.63) is 29.8 Å². The number of ether oxygens (including phenoxy) is 2. The number of benzene rings is 1. The van der Waals surface area contributed by atoms with Gasteiger partial charge in [0.05, 0.1) is 30.0 Å². The highest BCUT2D eigenvalue weighted by molar-refractivity contribution is 7.23. The molecule has 154 valence electrons. The standard InChI is InChI=1S/C18H21ClN6O3S/c1-27-14-3-2-13(19)17-16(14)22-18(29-17)25(5-4-23-6-8-28-9-7-23)15(26)10-24-12-20-11-21-24/h2-3,11-12H,4-10H2,1H3. The predicted molar refractivity (Wildman–Crippen MR) is 111 cm³/mol. The molecule has 0 unspecified atom stereocenters. The third kappa shape index (κ3) is 4.50. The number of aromatic nitrogens is 4. The number of morpholine rings is 1. The minimum atomic E-state index is -0.113. The quantitative estimate of drug-likeness (QED) is 0.559. The average molecular weight is 437 g/mol. The summed E-state index contributed by atoms with van der Waals surface area (Å²) in [6, 6.07) is 3.56. The molecule has 1 amide bonds. The van der Waals surface area contributed by atoms with E-state index in [1.54, 1.807) is 24.1 Å². The largest absolute Gasteiger partial charge is 0.494 e. The van der Waals surface area contributed by atoms with E-state index < -0.39 is 0 Å². The zero-order chi connectivity index (χ0) is 20.2. The fourth-order valence-electron chi connectivity index (χ4n) is 3.15. The Labute approximate surface area is 176 Å². The molecule has 9 nitrogen and oxygen atoms in total. The summed E-state index contributed by atoms with van der Waals surface area (Å²) < 4.78 is 13.1. The Morgan fingerprint density at radius 3 is 2.93 bits per heavy atom. The van der Waals surface area contributed by atoms with Crippen LogP contribution in [0.1, 0.15) is 0 Å². The summed E-state index contributed by atoms with van der Waals surface area (Å²) in [6.07, 6.45) is 2.93. The van der Waals surface area contributed by atoms with Crippen molar-refractivity contribution >= 4 is 44.2 Å². The molecule has 0 spiro atoms. The summed E-state index contributed by atoms with van der Waals surface area (Å²) in [4.78, 5) is 25.7. The molecule has 0 saturated carbocycles. The fraction of sp³-hybridized carbons (Fsp3) is 0.444. The first-order valence-corrected chi connectivity index (χ1v) is 10.4. The van der Waals surface area contributed by atoms with Crippen molar-refractivity contribution in [3.63, 3.8) is 0 Å². The van der Waals surface area contributed by atoms with Crippen LogP contribution in [0.15, 0.2) is 24.8 Å². The summed E-state index contributed by atoms with van der Waals surface area (Å²) in [5.41, 5.74) is 0.657. The van der Waals surface area contributed by atoms with E-state index in [0.29, 0.717) is 41.2 Å². The van der Waals surface area contributed by atoms with Crippen molar-refractivity contribution in [3.8, 4) is 5.75 Å². The van der Waals surface area contributed by atoms with E-state index in [1.807, 2.05) is 0 Å². The molecule has 3 heterocycles. The van der Waals surface area contributed by atoms with Gasteiger partial charge in [-0.05, 0) is 12.1 Å². The topological polar surface area (TPSA) is 85.6 Å². The van der Waals surface area contributed by atoms with Gasteiger partial charge in [-0.15, -0.1) is 0 Å². The van der Waals surface area contributed by atoms with Gasteiger partial charge in [0.1, 0.15) is 30.5 Å². The molecule has 0 atom stereocenters. The van der Waals surface area contributed by atoms with Crippen LogP contribution in [0.2, 0.25) is 5.02 Å². The number of anilines is 1. The number of nitrogens with zero attached hydrogens (tertiary/aromatic N) is 6. The third-order valence-electron chi connectivity index (χ3n) is 4.71. The number of methoxy groups -OCH3 is 1. The zero-order valence-electron chi connectivity index (χ0n) is 16.0. The van der Waals surface area contributed by atoms with Crippen molar-refractivity contribution < 1.29 is 14.3 Å². The molecule has 1 aromatic carbocycles. The Hall–Kier alpha value is -2.27. The van der Waals surface area contributed by atoms with E-state index in [9.17, 15) is 4.79 Å². The molecule has 0 aliphatic carbocycles. The van der Waals surface area contributed by atoms with Gasteiger partial charge < -0.3 is 9.47 Å². The van der Waals surface area contributed by atoms with Crippen LogP contribution in [0.25, 0.3) is 10.2 Å². The molecule has 0 bridgehead atoms. The lowest BCUT2D eigenvalue weighted by molar-refractivity contribution is -0.119. The van der Waals surface area contributed by atoms with E-state index >= 15 is 0 Å². The summed E-state index contributed by atoms with van der Waals surface area (Å²) in [6.45, 7) is 4.45. The number of carbonyl (C=O) groups is 1. The first kappa shape index (κ1) is 20.0. The SMILES string of the molecule is COc1ccc(Cl)c2sc(N(CCN3CCOCC3)C(=O)Cn3cncn3)nc12. The van der Waals surface area contributed by atoms with Crippen LogP contribution < -0.4 is 9.64 Å². The molecule has 1 fully saturated rings. The Morgan fingerprint density at radius 1 is 1.38 bits per heavy atom. The van der Waals surface area contributed by atoms with Gasteiger partial charge in [0.2, 0.25) is 0 Å². The average Bonchev–Trinajstić information content (AvgIpc) is 3.40. The molecule has 0 N–H and O–H groups in total. The van der Waals surface area contributed by atoms with E-state index in [4.69, 9.17) is 21.1 Å². The Balaban J connectivity index is 1.62. The van der Waals surface area contributed by atoms with Gasteiger partial charge in [-0.1, -0.05) is 22.9 Å². The van der Waals surface area contributed by atoms with Gasteiger partial charge >= 0.3 is 0 Å². The molecular formula is C18H21ClN6O3S. The number of carbonyl (C=O) groups excluding carboxylic acids is 1. The molecule has 11 heteroatoms. The predicted octanol–water partition coefficient (Wildman–Crippen LogP) is 1.92. The molecule has 1 aliphatic heterocycles. The van der Waals surface area contributed by atoms with Crippen LogP contribution >= 0.6 is 22.9 Å². The van der Waals surface area contributed by atoms with E-state index in [0.717, 1.165) is 24.3 Å². The lowest BCUT2D eigenvalue weighted by Gasteiger charge is -2.29. The van der Waals surface area contributed by atoms with Crippen molar-refractivity contribution in [1.82, 2.24) is 24.6 Å². The number of amides is 1. The van der Waals surface area contributed by atoms with Gasteiger partial charge in [-0.2, -0.15) is 5.10 Å². The highest BCUT2D eigenvalue weighted by Crippen LogP contribution is 2.38. The van der Waals surface area contributed by atoms with Gasteiger partial charge in [-0.3, -0.25) is 14.6 Å². The Kier molecular flexibility index (Phi) is 6.24. The maximum atomic E-state index is 13.1. The smallest absolute Gasteiger partial charge is 0.250 e. The lowest BCUT2D eigenvalue weighted by atomic mass is 10.3. The van der Waals surface area contributed by atoms with Crippen molar-refractivity contribution in [2.45, 2.75) is 6.54 Å². The van der Waals surface area contributed by atoms with E-state index in [2.05, 4.69) is 20.0 Å². The maximum Gasteiger partial charge on any atom is 0.250 e. The van der Waals surface area contributed by atoms with Crippen LogP contribution in [0.5, 0.6) is 5.75 Å². The molecule has 1 saturated heterocycles. The number of rotatable bonds is 7. The molecular weight excluding hydrogens is 416 g/mol. The summed E-state index contributed by atoms with van der Waals surface area (Å²) >= 11 is 7.75. The summed E-state index contributed by atoms with van der Waals surface area (Å²) in [7, 11) is 1.59. The second kappa shape index (κ2) is 9.04. The number of hydrogen-bond acceptors (Lipinski definition) is 8. The minimum absolute atomic E-state index is 0.0872. The first-order valence-electron chi connectivity index (χ1n) is 9.21. The minimum Gasteiger partial charge on any atom is -0.494 e. The normalized spacial score (nSPS) is 15.0. The number of thiazole rings is 1. The number of halogens is 1. The highest BCUT2D eigenvalue weighted by Gasteiger charge is 2.23. The number of fused-ring (bicyclic) bond motifs is 1. The molecule has 1 aliphatic rings. The van der Waals surface area contributed by atoms with Crippen LogP contribution in [0, 0.1) is 0 Å². The fourth-order valence-corrected chi connectivity index (χ4v) is 4.45. The maximum absolute atomic E-state index is 13.1. The van der Waals surface area contributed by atoms with Crippen molar-refractivity contribution in [2.24, 2.45) is 0 Å². The zero-order valence-corrected chi connectivity index (χ0v) is 17.5. The third-order valence-corrected chi connectivity index (χ3v) is 6.25. The second-order valence-electron chi connectivity index (χ2n) is 6.52. The molecule has 2 aromatic heterocycles. The highest BCUT2D eigenvalue weighted by atomic mass is 35.5. The first-order chi connectivity index (χ1) is 14.2. The summed E-state index contributed by atoms with van der Waals surface area (Å²) in [5.74, 6) is 0.515. The molecule has 4 rings (SSSR count). The summed E-state index contributed by atoms with van der Waals surface area (Å²) in [5, 5.41) is 5.21. The van der Waals surface area contributed by atoms with Gasteiger partial charge in [0.25, 0.3) is 5.91 Å². The van der Waals surface area contributed by atoms with E-state index in [-0.39, 0.29) is 12.5 Å². The van der Waals surface area contributed by atoms with Gasteiger partial charge in [-0.25, -0.2) is 14.6 Å². The van der Waals surface area contributed by atoms with Crippen molar-refractivity contribution in [2.75, 3.05) is 51.4 Å². The van der Waals surface area contributed by atoms with Crippen LogP contribution in [0.4, 0.5) is 5.13 Å². The van der Waals surface area contributed by atoms with Crippen molar-refractivity contribution in [1.29, 1.82) is 0 Å². The van der Waals surface area contributed by atoms with Crippen LogP contribution in [-0.2, 0) is 16.1 Å². The molecule has 3 aromatic rings. The molecule has 0 radical (unpaired) electrons. The van der Waals surface area contributed by atoms with Crippen LogP contribution in [-0.4, -0.2) is 77.1 Å². The number of hydrogen-bond donors (Lipinski definition) is 0. The van der Waals surface area contributed by atoms with Crippen LogP contribution in [0.3, 0.4) is 0 Å². The lowest BCUT2D eigenvalue weighted by Crippen LogP contribution is -2.44. The Bertz CT molecular complexity index is 974.